The van der Waals surface area contributed by atoms with Gasteiger partial charge in [-0.3, -0.25) is 10.2 Å². The van der Waals surface area contributed by atoms with E-state index in [9.17, 15) is 14.0 Å². The first kappa shape index (κ1) is 14.3. The van der Waals surface area contributed by atoms with E-state index in [-0.39, 0.29) is 24.0 Å². The molecule has 0 bridgehead atoms. The second-order valence-corrected chi connectivity index (χ2v) is 4.40. The first-order valence-corrected chi connectivity index (χ1v) is 6.32. The summed E-state index contributed by atoms with van der Waals surface area (Å²) < 4.78 is 13.5. The fraction of sp³-hybridized carbons (Fsp3) is 0.545. The number of anilines is 1. The Kier molecular flexibility index (Phi) is 4.18. The standard InChI is InChI=1S/C11H17FN6O2/c1-3-5-16(2)10(19)8-9-14-15-18(6-4-12)11(20)17(9)7-13-8/h7,14-15H,3-6H2,1-2H3. The summed E-state index contributed by atoms with van der Waals surface area (Å²) in [5.41, 5.74) is 5.39. The van der Waals surface area contributed by atoms with E-state index in [1.807, 2.05) is 6.92 Å². The minimum atomic E-state index is -0.671. The van der Waals surface area contributed by atoms with Crippen LogP contribution >= 0.6 is 0 Å². The van der Waals surface area contributed by atoms with Gasteiger partial charge in [0.1, 0.15) is 13.0 Å². The summed E-state index contributed by atoms with van der Waals surface area (Å²) in [7, 11) is 1.67. The summed E-state index contributed by atoms with van der Waals surface area (Å²) in [6.07, 6.45) is 2.08. The third-order valence-corrected chi connectivity index (χ3v) is 2.93. The molecule has 9 heteroatoms. The van der Waals surface area contributed by atoms with Gasteiger partial charge in [-0.1, -0.05) is 6.92 Å². The van der Waals surface area contributed by atoms with Crippen molar-refractivity contribution >= 4 is 17.8 Å². The zero-order chi connectivity index (χ0) is 14.7. The minimum absolute atomic E-state index is 0.0948. The van der Waals surface area contributed by atoms with Crippen LogP contribution in [0.25, 0.3) is 0 Å². The molecule has 0 radical (unpaired) electrons. The monoisotopic (exact) mass is 284 g/mol. The van der Waals surface area contributed by atoms with Gasteiger partial charge in [-0.15, -0.1) is 5.53 Å². The van der Waals surface area contributed by atoms with Crippen LogP contribution in [0.1, 0.15) is 23.8 Å². The highest BCUT2D eigenvalue weighted by atomic mass is 19.1. The van der Waals surface area contributed by atoms with Gasteiger partial charge in [0.2, 0.25) is 0 Å². The maximum absolute atomic E-state index is 12.3. The van der Waals surface area contributed by atoms with Gasteiger partial charge in [0.25, 0.3) is 5.91 Å². The predicted octanol–water partition coefficient (Wildman–Crippen LogP) is 0.450. The molecule has 2 heterocycles. The maximum Gasteiger partial charge on any atom is 0.346 e. The van der Waals surface area contributed by atoms with Crippen LogP contribution in [0.15, 0.2) is 6.33 Å². The summed E-state index contributed by atoms with van der Waals surface area (Å²) in [6, 6.07) is -0.485. The molecule has 1 aliphatic rings. The number of hydrogen-bond donors (Lipinski definition) is 2. The molecular formula is C11H17FN6O2. The van der Waals surface area contributed by atoms with Crippen LogP contribution in [0, 0.1) is 0 Å². The van der Waals surface area contributed by atoms with E-state index < -0.39 is 12.7 Å². The molecular weight excluding hydrogens is 267 g/mol. The number of nitrogens with one attached hydrogen (secondary N) is 2. The number of aromatic nitrogens is 2. The summed E-state index contributed by atoms with van der Waals surface area (Å²) in [5.74, 6) is -0.0142. The number of imidazole rings is 1. The Morgan fingerprint density at radius 3 is 2.95 bits per heavy atom. The van der Waals surface area contributed by atoms with Crippen molar-refractivity contribution in [2.24, 2.45) is 0 Å². The molecule has 2 N–H and O–H groups in total. The number of hydrazine groups is 2. The number of carbonyl (C=O) groups is 2. The second-order valence-electron chi connectivity index (χ2n) is 4.40. The van der Waals surface area contributed by atoms with Crippen molar-refractivity contribution in [3.8, 4) is 0 Å². The molecule has 20 heavy (non-hydrogen) atoms. The van der Waals surface area contributed by atoms with Crippen molar-refractivity contribution in [2.45, 2.75) is 13.3 Å². The number of fused-ring (bicyclic) bond motifs is 1. The molecule has 0 aromatic carbocycles. The van der Waals surface area contributed by atoms with Gasteiger partial charge in [-0.05, 0) is 6.42 Å². The van der Waals surface area contributed by atoms with E-state index in [1.165, 1.54) is 15.8 Å². The van der Waals surface area contributed by atoms with Gasteiger partial charge in [-0.25, -0.2) is 23.7 Å². The van der Waals surface area contributed by atoms with E-state index in [2.05, 4.69) is 15.9 Å². The van der Waals surface area contributed by atoms with Crippen LogP contribution in [0.4, 0.5) is 15.0 Å². The summed E-state index contributed by atoms with van der Waals surface area (Å²) >= 11 is 0. The van der Waals surface area contributed by atoms with Crippen LogP contribution in [0.5, 0.6) is 0 Å². The number of carbonyl (C=O) groups excluding carboxylic acids is 2. The number of rotatable bonds is 5. The van der Waals surface area contributed by atoms with Gasteiger partial charge < -0.3 is 4.90 Å². The van der Waals surface area contributed by atoms with Crippen LogP contribution in [-0.4, -0.2) is 58.2 Å². The fourth-order valence-electron chi connectivity index (χ4n) is 1.92. The van der Waals surface area contributed by atoms with Crippen molar-refractivity contribution in [3.05, 3.63) is 12.0 Å². The van der Waals surface area contributed by atoms with Crippen molar-refractivity contribution < 1.29 is 14.0 Å². The molecule has 8 nitrogen and oxygen atoms in total. The van der Waals surface area contributed by atoms with Crippen LogP contribution in [0.2, 0.25) is 0 Å². The Labute approximate surface area is 115 Å². The third kappa shape index (κ3) is 2.44. The number of halogens is 1. The molecule has 0 saturated carbocycles. The van der Waals surface area contributed by atoms with Gasteiger partial charge in [0.05, 0.1) is 6.54 Å². The van der Waals surface area contributed by atoms with Gasteiger partial charge >= 0.3 is 6.03 Å². The SMILES string of the molecule is CCCN(C)C(=O)c1ncn2c1NNN(CCF)C2=O. The molecule has 0 atom stereocenters. The van der Waals surface area contributed by atoms with E-state index in [4.69, 9.17) is 0 Å². The van der Waals surface area contributed by atoms with E-state index in [0.717, 1.165) is 11.4 Å². The lowest BCUT2D eigenvalue weighted by molar-refractivity contribution is 0.0790. The fourth-order valence-corrected chi connectivity index (χ4v) is 1.92. The van der Waals surface area contributed by atoms with Gasteiger partial charge in [0, 0.05) is 13.6 Å². The highest BCUT2D eigenvalue weighted by Gasteiger charge is 2.29. The lowest BCUT2D eigenvalue weighted by Crippen LogP contribution is -2.53. The number of amides is 2. The molecule has 1 aromatic heterocycles. The average molecular weight is 284 g/mol. The predicted molar refractivity (Wildman–Crippen MR) is 69.7 cm³/mol. The Hall–Kier alpha value is -2.16. The Morgan fingerprint density at radius 1 is 1.55 bits per heavy atom. The molecule has 2 amide bonds. The molecule has 0 fully saturated rings. The Balaban J connectivity index is 2.23. The zero-order valence-electron chi connectivity index (χ0n) is 11.4. The normalized spacial score (nSPS) is 13.9. The maximum atomic E-state index is 12.3. The van der Waals surface area contributed by atoms with Crippen molar-refractivity contribution in [1.29, 1.82) is 0 Å². The minimum Gasteiger partial charge on any atom is -0.340 e. The van der Waals surface area contributed by atoms with Crippen LogP contribution < -0.4 is 11.0 Å². The number of nitrogens with zero attached hydrogens (tertiary/aromatic N) is 4. The lowest BCUT2D eigenvalue weighted by Gasteiger charge is -2.29. The lowest BCUT2D eigenvalue weighted by atomic mass is 10.3. The molecule has 0 unspecified atom stereocenters. The quantitative estimate of drug-likeness (QED) is 0.820. The third-order valence-electron chi connectivity index (χ3n) is 2.93. The number of hydrogen-bond acceptors (Lipinski definition) is 5. The Morgan fingerprint density at radius 2 is 2.30 bits per heavy atom. The van der Waals surface area contributed by atoms with E-state index >= 15 is 0 Å². The summed E-state index contributed by atoms with van der Waals surface area (Å²) in [6.45, 7) is 1.79. The average Bonchev–Trinajstić information content (AvgIpc) is 2.86. The molecule has 2 rings (SSSR count). The highest BCUT2D eigenvalue weighted by Crippen LogP contribution is 2.19. The second kappa shape index (κ2) is 5.87. The van der Waals surface area contributed by atoms with Crippen molar-refractivity contribution in [3.63, 3.8) is 0 Å². The zero-order valence-corrected chi connectivity index (χ0v) is 11.4. The summed E-state index contributed by atoms with van der Waals surface area (Å²) in [4.78, 5) is 29.7. The van der Waals surface area contributed by atoms with Crippen LogP contribution in [-0.2, 0) is 0 Å². The van der Waals surface area contributed by atoms with Crippen molar-refractivity contribution in [1.82, 2.24) is 25.0 Å². The largest absolute Gasteiger partial charge is 0.346 e. The first-order chi connectivity index (χ1) is 9.60. The first-order valence-electron chi connectivity index (χ1n) is 6.32. The Bertz CT molecular complexity index is 517. The van der Waals surface area contributed by atoms with E-state index in [1.54, 1.807) is 7.05 Å². The van der Waals surface area contributed by atoms with Gasteiger partial charge in [0.15, 0.2) is 11.5 Å². The van der Waals surface area contributed by atoms with Gasteiger partial charge in [-0.2, -0.15) is 0 Å². The van der Waals surface area contributed by atoms with E-state index in [0.29, 0.717) is 6.54 Å². The molecule has 110 valence electrons. The molecule has 1 aliphatic heterocycles. The summed E-state index contributed by atoms with van der Waals surface area (Å²) in [5, 5.41) is 1.07. The molecule has 0 saturated heterocycles. The van der Waals surface area contributed by atoms with Crippen molar-refractivity contribution in [2.75, 3.05) is 32.2 Å². The molecule has 1 aromatic rings. The topological polar surface area (TPSA) is 82.5 Å². The van der Waals surface area contributed by atoms with Crippen LogP contribution in [0.3, 0.4) is 0 Å². The number of alkyl halides is 1. The molecule has 0 aliphatic carbocycles. The smallest absolute Gasteiger partial charge is 0.340 e. The molecule has 0 spiro atoms. The highest BCUT2D eigenvalue weighted by molar-refractivity contribution is 5.99.